The molecule has 1 N–H and O–H groups in total. The molecular weight excluding hydrogens is 690 g/mol. The Morgan fingerprint density at radius 3 is 2.18 bits per heavy atom. The van der Waals surface area contributed by atoms with Crippen molar-refractivity contribution >= 4 is 74.1 Å². The normalized spacial score (nSPS) is 30.6. The van der Waals surface area contributed by atoms with Gasteiger partial charge in [-0.3, -0.25) is 24.1 Å². The highest BCUT2D eigenvalue weighted by atomic mass is 79.9. The minimum atomic E-state index is -2.10. The zero-order valence-electron chi connectivity index (χ0n) is 23.5. The largest absolute Gasteiger partial charge is 0.504 e. The van der Waals surface area contributed by atoms with Crippen LogP contribution in [-0.4, -0.2) is 45.6 Å². The van der Waals surface area contributed by atoms with Gasteiger partial charge in [0.2, 0.25) is 11.8 Å². The summed E-state index contributed by atoms with van der Waals surface area (Å²) >= 11 is 18.1. The molecule has 230 valence electrons. The molecule has 6 atom stereocenters. The van der Waals surface area contributed by atoms with Gasteiger partial charge in [-0.25, -0.2) is 9.29 Å². The number of carbonyl (C=O) groups excluding carboxylic acids is 4. The van der Waals surface area contributed by atoms with Gasteiger partial charge in [0.05, 0.1) is 30.3 Å². The van der Waals surface area contributed by atoms with E-state index in [1.54, 1.807) is 30.3 Å². The molecule has 0 unspecified atom stereocenters. The summed E-state index contributed by atoms with van der Waals surface area (Å²) in [6.07, 6.45) is 1.80. The first-order valence-electron chi connectivity index (χ1n) is 14.1. The third kappa shape index (κ3) is 4.08. The maximum absolute atomic E-state index is 14.4. The second kappa shape index (κ2) is 10.4. The summed E-state index contributed by atoms with van der Waals surface area (Å²) in [6.45, 7) is 0. The number of phenolic OH excluding ortho intramolecular Hbond substituents is 1. The van der Waals surface area contributed by atoms with Crippen molar-refractivity contribution in [2.24, 2.45) is 17.8 Å². The highest BCUT2D eigenvalue weighted by molar-refractivity contribution is 9.10. The van der Waals surface area contributed by atoms with Crippen molar-refractivity contribution in [2.45, 2.75) is 28.5 Å². The zero-order valence-corrected chi connectivity index (χ0v) is 26.6. The third-order valence-electron chi connectivity index (χ3n) is 9.52. The third-order valence-corrected chi connectivity index (χ3v) is 11.5. The van der Waals surface area contributed by atoms with E-state index in [2.05, 4.69) is 15.9 Å². The molecule has 3 aromatic carbocycles. The highest BCUT2D eigenvalue weighted by Gasteiger charge is 2.76. The molecule has 4 amide bonds. The molecule has 0 radical (unpaired) electrons. The minimum absolute atomic E-state index is 0.0838. The maximum Gasteiger partial charge on any atom is 0.258 e. The van der Waals surface area contributed by atoms with Crippen molar-refractivity contribution in [1.29, 1.82) is 0 Å². The fourth-order valence-corrected chi connectivity index (χ4v) is 8.70. The van der Waals surface area contributed by atoms with E-state index in [-0.39, 0.29) is 35.9 Å². The van der Waals surface area contributed by atoms with Crippen molar-refractivity contribution in [3.05, 3.63) is 94.2 Å². The minimum Gasteiger partial charge on any atom is -0.504 e. The number of hydrogen-bond donors (Lipinski definition) is 1. The summed E-state index contributed by atoms with van der Waals surface area (Å²) < 4.78 is 19.8. The number of nitrogens with zero attached hydrogens (tertiary/aromatic N) is 2. The number of methoxy groups -OCH3 is 1. The van der Waals surface area contributed by atoms with E-state index in [0.29, 0.717) is 16.8 Å². The Morgan fingerprint density at radius 2 is 1.53 bits per heavy atom. The number of anilines is 2. The van der Waals surface area contributed by atoms with Crippen LogP contribution in [0, 0.1) is 23.6 Å². The lowest BCUT2D eigenvalue weighted by Crippen LogP contribution is -2.60. The Kier molecular flexibility index (Phi) is 6.92. The van der Waals surface area contributed by atoms with Crippen LogP contribution in [0.1, 0.15) is 24.3 Å². The lowest BCUT2D eigenvalue weighted by Gasteiger charge is -2.50. The SMILES string of the molecule is COc1ccc([C@H]2C3=CC[C@@H]4C(=O)N(c5ccc(Br)cc5)C(=O)[C@@H]4[C@@H]3C[C@@]3(Cl)C(=O)N(c4ccc(F)cc4)C(=O)[C@@]23Cl)cc1O. The first-order valence-corrected chi connectivity index (χ1v) is 15.7. The molecule has 3 fully saturated rings. The average molecular weight is 714 g/mol. The number of amides is 4. The van der Waals surface area contributed by atoms with Crippen LogP contribution in [0.15, 0.2) is 82.9 Å². The number of alkyl halides is 2. The van der Waals surface area contributed by atoms with Crippen LogP contribution in [0.25, 0.3) is 0 Å². The van der Waals surface area contributed by atoms with Crippen LogP contribution in [-0.2, 0) is 19.2 Å². The standard InChI is InChI=1S/C33H24BrCl2FN2O6/c1-45-25-13-2-16(14-24(25)40)27-21-11-12-22-26(29(42)38(28(22)41)19-7-3-17(34)4-8-19)23(21)15-32(35)30(43)39(31(44)33(27,32)36)20-9-5-18(37)6-10-20/h2-11,13-14,22-23,26-27,40H,12,15H2,1H3/t22-,23+,26-,27-,32+,33-/m0/s1. The molecule has 7 rings (SSSR count). The smallest absolute Gasteiger partial charge is 0.258 e. The van der Waals surface area contributed by atoms with Gasteiger partial charge in [-0.1, -0.05) is 33.6 Å². The second-order valence-corrected chi connectivity index (χ2v) is 13.8. The number of aromatic hydroxyl groups is 1. The van der Waals surface area contributed by atoms with E-state index in [1.165, 1.54) is 36.3 Å². The average Bonchev–Trinajstić information content (AvgIpc) is 3.36. The molecule has 2 saturated heterocycles. The molecule has 1 saturated carbocycles. The molecule has 3 aromatic rings. The summed E-state index contributed by atoms with van der Waals surface area (Å²) in [6, 6.07) is 16.1. The van der Waals surface area contributed by atoms with E-state index in [1.807, 2.05) is 6.08 Å². The molecule has 12 heteroatoms. The Hall–Kier alpha value is -3.73. The number of imide groups is 2. The zero-order chi connectivity index (χ0) is 32.0. The fourth-order valence-electron chi connectivity index (χ4n) is 7.50. The van der Waals surface area contributed by atoms with Crippen LogP contribution >= 0.6 is 39.1 Å². The Balaban J connectivity index is 1.40. The van der Waals surface area contributed by atoms with Crippen molar-refractivity contribution in [1.82, 2.24) is 0 Å². The highest BCUT2D eigenvalue weighted by Crippen LogP contribution is 2.66. The summed E-state index contributed by atoms with van der Waals surface area (Å²) in [5, 5.41) is 10.8. The number of hydrogen-bond acceptors (Lipinski definition) is 6. The molecule has 4 aliphatic rings. The number of carbonyl (C=O) groups is 4. The van der Waals surface area contributed by atoms with Gasteiger partial charge in [-0.05, 0) is 85.0 Å². The summed E-state index contributed by atoms with van der Waals surface area (Å²) in [7, 11) is 1.39. The number of halogens is 4. The summed E-state index contributed by atoms with van der Waals surface area (Å²) in [5.41, 5.74) is 1.44. The van der Waals surface area contributed by atoms with Gasteiger partial charge in [0, 0.05) is 10.4 Å². The van der Waals surface area contributed by atoms with Gasteiger partial charge in [-0.15, -0.1) is 23.2 Å². The lowest BCUT2D eigenvalue weighted by atomic mass is 9.56. The molecule has 2 heterocycles. The second-order valence-electron chi connectivity index (χ2n) is 11.7. The molecule has 45 heavy (non-hydrogen) atoms. The van der Waals surface area contributed by atoms with Crippen LogP contribution in [0.3, 0.4) is 0 Å². The predicted molar refractivity (Wildman–Crippen MR) is 168 cm³/mol. The van der Waals surface area contributed by atoms with Crippen LogP contribution in [0.2, 0.25) is 0 Å². The van der Waals surface area contributed by atoms with Gasteiger partial charge in [0.1, 0.15) is 5.82 Å². The number of fused-ring (bicyclic) bond motifs is 4. The summed E-state index contributed by atoms with van der Waals surface area (Å²) in [4.78, 5) is 54.4. The van der Waals surface area contributed by atoms with Gasteiger partial charge < -0.3 is 9.84 Å². The predicted octanol–water partition coefficient (Wildman–Crippen LogP) is 6.07. The first-order chi connectivity index (χ1) is 21.4. The number of allylic oxidation sites excluding steroid dienone is 2. The lowest BCUT2D eigenvalue weighted by molar-refractivity contribution is -0.125. The monoisotopic (exact) mass is 712 g/mol. The van der Waals surface area contributed by atoms with Gasteiger partial charge >= 0.3 is 0 Å². The Morgan fingerprint density at radius 1 is 0.889 bits per heavy atom. The Labute approximate surface area is 275 Å². The first kappa shape index (κ1) is 30.0. The number of phenols is 1. The van der Waals surface area contributed by atoms with Crippen molar-refractivity contribution in [3.8, 4) is 11.5 Å². The fraction of sp³-hybridized carbons (Fsp3) is 0.273. The van der Waals surface area contributed by atoms with Gasteiger partial charge in [0.15, 0.2) is 21.2 Å². The number of benzene rings is 3. The Bertz CT molecular complexity index is 1840. The van der Waals surface area contributed by atoms with Crippen molar-refractivity contribution < 1.29 is 33.4 Å². The molecule has 8 nitrogen and oxygen atoms in total. The van der Waals surface area contributed by atoms with E-state index in [4.69, 9.17) is 27.9 Å². The van der Waals surface area contributed by atoms with Gasteiger partial charge in [0.25, 0.3) is 11.8 Å². The van der Waals surface area contributed by atoms with Crippen molar-refractivity contribution in [3.63, 3.8) is 0 Å². The number of ether oxygens (including phenoxy) is 1. The van der Waals surface area contributed by atoms with Gasteiger partial charge in [-0.2, -0.15) is 0 Å². The van der Waals surface area contributed by atoms with Crippen LogP contribution < -0.4 is 14.5 Å². The summed E-state index contributed by atoms with van der Waals surface area (Å²) in [5.74, 6) is -6.49. The van der Waals surface area contributed by atoms with Crippen molar-refractivity contribution in [2.75, 3.05) is 16.9 Å². The van der Waals surface area contributed by atoms with E-state index in [9.17, 15) is 28.7 Å². The topological polar surface area (TPSA) is 104 Å². The molecule has 0 bridgehead atoms. The van der Waals surface area contributed by atoms with Crippen LogP contribution in [0.4, 0.5) is 15.8 Å². The van der Waals surface area contributed by atoms with E-state index in [0.717, 1.165) is 21.5 Å². The molecule has 2 aliphatic carbocycles. The molecule has 2 aliphatic heterocycles. The molecule has 0 aromatic heterocycles. The molecule has 0 spiro atoms. The molecular formula is C33H24BrCl2FN2O6. The quantitative estimate of drug-likeness (QED) is 0.200. The van der Waals surface area contributed by atoms with Crippen LogP contribution in [0.5, 0.6) is 11.5 Å². The number of rotatable bonds is 4. The van der Waals surface area contributed by atoms with E-state index >= 15 is 0 Å². The maximum atomic E-state index is 14.4. The van der Waals surface area contributed by atoms with E-state index < -0.39 is 57.0 Å².